The first-order chi connectivity index (χ1) is 8.33. The molecule has 1 aliphatic heterocycles. The van der Waals surface area contributed by atoms with Crippen molar-refractivity contribution in [2.75, 3.05) is 18.5 Å². The monoisotopic (exact) mass is 316 g/mol. The molecule has 0 amide bonds. The maximum atomic E-state index is 6.34. The molecule has 1 aromatic rings. The Morgan fingerprint density at radius 1 is 1.29 bits per heavy atom. The van der Waals surface area contributed by atoms with Gasteiger partial charge in [-0.2, -0.15) is 0 Å². The molecule has 94 valence electrons. The molecule has 2 rings (SSSR count). The fraction of sp³-hybridized carbons (Fsp3) is 0.571. The number of hydrogen-bond donors (Lipinski definition) is 0. The summed E-state index contributed by atoms with van der Waals surface area (Å²) in [7, 11) is 0. The summed E-state index contributed by atoms with van der Waals surface area (Å²) in [5.41, 5.74) is 2.79. The first-order valence-corrected chi connectivity index (χ1v) is 7.74. The normalized spacial score (nSPS) is 17.3. The van der Waals surface area contributed by atoms with Crippen molar-refractivity contribution >= 4 is 27.5 Å². The van der Waals surface area contributed by atoms with Gasteiger partial charge >= 0.3 is 0 Å². The summed E-state index contributed by atoms with van der Waals surface area (Å²) in [6.45, 7) is 1.77. The molecule has 0 bridgehead atoms. The Bertz CT molecular complexity index is 361. The summed E-state index contributed by atoms with van der Waals surface area (Å²) in [5.74, 6) is 0.632. The molecule has 1 nitrogen and oxygen atoms in total. The average Bonchev–Trinajstić information content (AvgIpc) is 2.38. The van der Waals surface area contributed by atoms with E-state index in [1.165, 1.54) is 11.1 Å². The second kappa shape index (κ2) is 6.77. The van der Waals surface area contributed by atoms with Crippen molar-refractivity contribution in [3.63, 3.8) is 0 Å². The van der Waals surface area contributed by atoms with Crippen LogP contribution in [0.5, 0.6) is 0 Å². The van der Waals surface area contributed by atoms with Crippen molar-refractivity contribution in [2.24, 2.45) is 0 Å². The van der Waals surface area contributed by atoms with Gasteiger partial charge in [0, 0.05) is 23.6 Å². The summed E-state index contributed by atoms with van der Waals surface area (Å²) in [6.07, 6.45) is 4.46. The Morgan fingerprint density at radius 2 is 2.06 bits per heavy atom. The minimum Gasteiger partial charge on any atom is -0.381 e. The van der Waals surface area contributed by atoms with E-state index < -0.39 is 0 Å². The number of hydrogen-bond acceptors (Lipinski definition) is 1. The summed E-state index contributed by atoms with van der Waals surface area (Å²) >= 11 is 9.83. The van der Waals surface area contributed by atoms with Gasteiger partial charge < -0.3 is 4.74 Å². The standard InChI is InChI=1S/C14H18BrClO/c15-8-2-4-13-12(3-1-5-14(13)16)11-6-9-17-10-7-11/h1,3,5,11H,2,4,6-10H2. The Morgan fingerprint density at radius 3 is 2.76 bits per heavy atom. The highest BCUT2D eigenvalue weighted by molar-refractivity contribution is 9.09. The van der Waals surface area contributed by atoms with E-state index >= 15 is 0 Å². The summed E-state index contributed by atoms with van der Waals surface area (Å²) in [6, 6.07) is 6.32. The zero-order chi connectivity index (χ0) is 12.1. The van der Waals surface area contributed by atoms with Crippen LogP contribution in [0.15, 0.2) is 18.2 Å². The van der Waals surface area contributed by atoms with Crippen LogP contribution in [-0.2, 0) is 11.2 Å². The van der Waals surface area contributed by atoms with Crippen LogP contribution >= 0.6 is 27.5 Å². The lowest BCUT2D eigenvalue weighted by molar-refractivity contribution is 0.0851. The third-order valence-corrected chi connectivity index (χ3v) is 4.29. The van der Waals surface area contributed by atoms with E-state index in [4.69, 9.17) is 16.3 Å². The fourth-order valence-electron chi connectivity index (χ4n) is 2.47. The maximum absolute atomic E-state index is 6.34. The largest absolute Gasteiger partial charge is 0.381 e. The molecule has 3 heteroatoms. The number of rotatable bonds is 4. The van der Waals surface area contributed by atoms with Gasteiger partial charge in [-0.15, -0.1) is 0 Å². The second-order valence-corrected chi connectivity index (χ2v) is 5.69. The van der Waals surface area contributed by atoms with Crippen LogP contribution in [-0.4, -0.2) is 18.5 Å². The fourth-order valence-corrected chi connectivity index (χ4v) is 3.03. The Balaban J connectivity index is 2.21. The number of ether oxygens (including phenoxy) is 1. The van der Waals surface area contributed by atoms with Crippen LogP contribution in [0, 0.1) is 0 Å². The first kappa shape index (κ1) is 13.4. The molecule has 1 heterocycles. The van der Waals surface area contributed by atoms with Crippen molar-refractivity contribution in [1.29, 1.82) is 0 Å². The maximum Gasteiger partial charge on any atom is 0.0471 e. The van der Waals surface area contributed by atoms with Crippen LogP contribution in [0.1, 0.15) is 36.3 Å². The smallest absolute Gasteiger partial charge is 0.0471 e. The average molecular weight is 318 g/mol. The van der Waals surface area contributed by atoms with Crippen LogP contribution in [0.3, 0.4) is 0 Å². The summed E-state index contributed by atoms with van der Waals surface area (Å²) < 4.78 is 5.43. The van der Waals surface area contributed by atoms with Crippen molar-refractivity contribution in [1.82, 2.24) is 0 Å². The van der Waals surface area contributed by atoms with Gasteiger partial charge in [-0.3, -0.25) is 0 Å². The van der Waals surface area contributed by atoms with Gasteiger partial charge in [-0.25, -0.2) is 0 Å². The predicted octanol–water partition coefficient (Wildman–Crippen LogP) is 4.56. The van der Waals surface area contributed by atoms with Gasteiger partial charge in [0.05, 0.1) is 0 Å². The van der Waals surface area contributed by atoms with Crippen LogP contribution < -0.4 is 0 Å². The first-order valence-electron chi connectivity index (χ1n) is 6.24. The molecule has 1 saturated heterocycles. The van der Waals surface area contributed by atoms with Crippen molar-refractivity contribution in [3.05, 3.63) is 34.3 Å². The third-order valence-electron chi connectivity index (χ3n) is 3.38. The Hall–Kier alpha value is -0.0500. The molecular weight excluding hydrogens is 300 g/mol. The highest BCUT2D eigenvalue weighted by atomic mass is 79.9. The molecule has 0 radical (unpaired) electrons. The van der Waals surface area contributed by atoms with E-state index in [9.17, 15) is 0 Å². The number of halogens is 2. The van der Waals surface area contributed by atoms with Gasteiger partial charge in [-0.05, 0) is 48.8 Å². The molecule has 1 fully saturated rings. The highest BCUT2D eigenvalue weighted by Gasteiger charge is 2.19. The molecule has 0 spiro atoms. The number of alkyl halides is 1. The van der Waals surface area contributed by atoms with Gasteiger partial charge in [0.25, 0.3) is 0 Å². The van der Waals surface area contributed by atoms with Crippen molar-refractivity contribution < 1.29 is 4.74 Å². The van der Waals surface area contributed by atoms with Gasteiger partial charge in [0.15, 0.2) is 0 Å². The van der Waals surface area contributed by atoms with E-state index in [0.29, 0.717) is 5.92 Å². The predicted molar refractivity (Wildman–Crippen MR) is 76.4 cm³/mol. The lowest BCUT2D eigenvalue weighted by atomic mass is 9.87. The zero-order valence-corrected chi connectivity index (χ0v) is 12.3. The van der Waals surface area contributed by atoms with Crippen LogP contribution in [0.4, 0.5) is 0 Å². The van der Waals surface area contributed by atoms with E-state index in [2.05, 4.69) is 28.1 Å². The van der Waals surface area contributed by atoms with Gasteiger partial charge in [-0.1, -0.05) is 39.7 Å². The SMILES string of the molecule is Clc1cccc(C2CCOCC2)c1CCCBr. The number of benzene rings is 1. The van der Waals surface area contributed by atoms with E-state index in [-0.39, 0.29) is 0 Å². The Kier molecular flexibility index (Phi) is 5.33. The Labute approximate surface area is 117 Å². The molecule has 0 aromatic heterocycles. The van der Waals surface area contributed by atoms with Crippen LogP contribution in [0.25, 0.3) is 0 Å². The zero-order valence-electron chi connectivity index (χ0n) is 9.92. The lowest BCUT2D eigenvalue weighted by Gasteiger charge is -2.25. The van der Waals surface area contributed by atoms with Crippen LogP contribution in [0.2, 0.25) is 5.02 Å². The summed E-state index contributed by atoms with van der Waals surface area (Å²) in [4.78, 5) is 0. The van der Waals surface area contributed by atoms with Crippen molar-refractivity contribution in [2.45, 2.75) is 31.6 Å². The van der Waals surface area contributed by atoms with Gasteiger partial charge in [0.1, 0.15) is 0 Å². The van der Waals surface area contributed by atoms with Gasteiger partial charge in [0.2, 0.25) is 0 Å². The third kappa shape index (κ3) is 3.46. The molecular formula is C14H18BrClO. The van der Waals surface area contributed by atoms with E-state index in [1.807, 2.05) is 6.07 Å². The molecule has 0 atom stereocenters. The highest BCUT2D eigenvalue weighted by Crippen LogP contribution is 2.33. The molecule has 17 heavy (non-hydrogen) atoms. The molecule has 1 aliphatic rings. The molecule has 0 aliphatic carbocycles. The van der Waals surface area contributed by atoms with E-state index in [0.717, 1.165) is 49.2 Å². The minimum atomic E-state index is 0.632. The molecule has 1 aromatic carbocycles. The topological polar surface area (TPSA) is 9.23 Å². The lowest BCUT2D eigenvalue weighted by Crippen LogP contribution is -2.15. The molecule has 0 saturated carbocycles. The quantitative estimate of drug-likeness (QED) is 0.740. The molecule has 0 N–H and O–H groups in total. The second-order valence-electron chi connectivity index (χ2n) is 4.49. The van der Waals surface area contributed by atoms with E-state index in [1.54, 1.807) is 0 Å². The summed E-state index contributed by atoms with van der Waals surface area (Å²) in [5, 5.41) is 1.96. The van der Waals surface area contributed by atoms with Crippen molar-refractivity contribution in [3.8, 4) is 0 Å². The minimum absolute atomic E-state index is 0.632. The molecule has 0 unspecified atom stereocenters.